The van der Waals surface area contributed by atoms with E-state index in [0.717, 1.165) is 31.6 Å². The molecule has 2 aliphatic rings. The highest BCUT2D eigenvalue weighted by Gasteiger charge is 2.53. The molecule has 156 valence electrons. The Kier molecular flexibility index (Phi) is 5.35. The number of nitrogens with zero attached hydrogens (tertiary/aromatic N) is 6. The van der Waals surface area contributed by atoms with E-state index < -0.39 is 5.41 Å². The second kappa shape index (κ2) is 7.94. The Labute approximate surface area is 169 Å². The number of rotatable bonds is 5. The molecule has 0 aliphatic carbocycles. The molecule has 0 bridgehead atoms. The zero-order valence-corrected chi connectivity index (χ0v) is 17.0. The van der Waals surface area contributed by atoms with Crippen LogP contribution in [0, 0.1) is 5.41 Å². The quantitative estimate of drug-likeness (QED) is 0.720. The van der Waals surface area contributed by atoms with Crippen molar-refractivity contribution in [3.8, 4) is 0 Å². The number of aromatic amines is 1. The van der Waals surface area contributed by atoms with Crippen LogP contribution in [0.5, 0.6) is 0 Å². The Morgan fingerprint density at radius 2 is 2.17 bits per heavy atom. The van der Waals surface area contributed by atoms with E-state index >= 15 is 0 Å². The Morgan fingerprint density at radius 3 is 2.90 bits per heavy atom. The maximum atomic E-state index is 13.4. The molecule has 0 aromatic carbocycles. The Bertz CT molecular complexity index is 863. The lowest BCUT2D eigenvalue weighted by Gasteiger charge is -2.53. The molecule has 2 aromatic rings. The van der Waals surface area contributed by atoms with Crippen molar-refractivity contribution in [2.75, 3.05) is 33.2 Å². The molecule has 4 rings (SSSR count). The lowest BCUT2D eigenvalue weighted by Crippen LogP contribution is -2.66. The number of fused-ring (bicyclic) bond motifs is 1. The number of likely N-dealkylation sites (N-methyl/N-ethyl adjacent to an activating group) is 1. The van der Waals surface area contributed by atoms with Gasteiger partial charge in [0.1, 0.15) is 17.8 Å². The van der Waals surface area contributed by atoms with Gasteiger partial charge in [0.05, 0.1) is 11.5 Å². The highest BCUT2D eigenvalue weighted by Crippen LogP contribution is 2.43. The summed E-state index contributed by atoms with van der Waals surface area (Å²) < 4.78 is 1.72. The lowest BCUT2D eigenvalue weighted by molar-refractivity contribution is -0.142. The van der Waals surface area contributed by atoms with Crippen molar-refractivity contribution in [3.05, 3.63) is 30.1 Å². The molecule has 2 atom stereocenters. The van der Waals surface area contributed by atoms with Gasteiger partial charge in [0.2, 0.25) is 5.91 Å². The maximum absolute atomic E-state index is 13.4. The Morgan fingerprint density at radius 1 is 1.31 bits per heavy atom. The van der Waals surface area contributed by atoms with E-state index in [1.165, 1.54) is 6.33 Å². The van der Waals surface area contributed by atoms with Crippen LogP contribution in [0.2, 0.25) is 0 Å². The van der Waals surface area contributed by atoms with E-state index in [1.807, 2.05) is 19.0 Å². The number of likely N-dealkylation sites (tertiary alicyclic amines) is 2. The van der Waals surface area contributed by atoms with Crippen molar-refractivity contribution in [2.24, 2.45) is 12.5 Å². The van der Waals surface area contributed by atoms with Gasteiger partial charge in [-0.1, -0.05) is 0 Å². The molecule has 10 nitrogen and oxygen atoms in total. The average Bonchev–Trinajstić information content (AvgIpc) is 3.39. The zero-order chi connectivity index (χ0) is 20.4. The minimum absolute atomic E-state index is 0.0416. The molecule has 0 radical (unpaired) electrons. The van der Waals surface area contributed by atoms with Crippen LogP contribution >= 0.6 is 0 Å². The zero-order valence-electron chi connectivity index (χ0n) is 17.0. The first-order chi connectivity index (χ1) is 14.0. The summed E-state index contributed by atoms with van der Waals surface area (Å²) in [6.07, 6.45) is 6.08. The normalized spacial score (nSPS) is 24.9. The van der Waals surface area contributed by atoms with Gasteiger partial charge in [-0.3, -0.25) is 19.4 Å². The average molecular weight is 400 g/mol. The van der Waals surface area contributed by atoms with Gasteiger partial charge in [0.15, 0.2) is 0 Å². The van der Waals surface area contributed by atoms with Gasteiger partial charge in [-0.05, 0) is 38.9 Å². The number of H-pyrrole nitrogens is 1. The van der Waals surface area contributed by atoms with E-state index in [1.54, 1.807) is 16.9 Å². The highest BCUT2D eigenvalue weighted by molar-refractivity contribution is 5.93. The largest absolute Gasteiger partial charge is 0.355 e. The number of hydrogen-bond acceptors (Lipinski definition) is 6. The van der Waals surface area contributed by atoms with Gasteiger partial charge in [0.25, 0.3) is 5.91 Å². The van der Waals surface area contributed by atoms with Crippen molar-refractivity contribution < 1.29 is 9.59 Å². The van der Waals surface area contributed by atoms with Crippen LogP contribution in [-0.2, 0) is 18.3 Å². The Balaban J connectivity index is 1.51. The SMILES string of the molecule is CN1CC[C@]2(C(=O)NCCc3ncnn3C)CCCN(C(=O)c3ccn[nH]3)[C@H]2C1. The number of aromatic nitrogens is 5. The summed E-state index contributed by atoms with van der Waals surface area (Å²) in [6.45, 7) is 2.70. The van der Waals surface area contributed by atoms with E-state index in [2.05, 4.69) is 30.5 Å². The highest BCUT2D eigenvalue weighted by atomic mass is 16.2. The number of nitrogens with one attached hydrogen (secondary N) is 2. The third-order valence-corrected chi connectivity index (χ3v) is 6.34. The molecule has 2 saturated heterocycles. The first-order valence-corrected chi connectivity index (χ1v) is 10.1. The third-order valence-electron chi connectivity index (χ3n) is 6.34. The van der Waals surface area contributed by atoms with Gasteiger partial charge in [0, 0.05) is 39.3 Å². The topological polar surface area (TPSA) is 112 Å². The number of hydrogen-bond donors (Lipinski definition) is 2. The van der Waals surface area contributed by atoms with Crippen LogP contribution in [-0.4, -0.2) is 85.8 Å². The van der Waals surface area contributed by atoms with E-state index in [0.29, 0.717) is 31.7 Å². The van der Waals surface area contributed by atoms with Crippen molar-refractivity contribution in [2.45, 2.75) is 31.7 Å². The molecule has 0 unspecified atom stereocenters. The van der Waals surface area contributed by atoms with Crippen LogP contribution in [0.25, 0.3) is 0 Å². The smallest absolute Gasteiger partial charge is 0.272 e. The first kappa shape index (κ1) is 19.6. The maximum Gasteiger partial charge on any atom is 0.272 e. The van der Waals surface area contributed by atoms with Crippen LogP contribution in [0.15, 0.2) is 18.6 Å². The fraction of sp³-hybridized carbons (Fsp3) is 0.632. The Hall–Kier alpha value is -2.75. The van der Waals surface area contributed by atoms with Crippen molar-refractivity contribution >= 4 is 11.8 Å². The van der Waals surface area contributed by atoms with Crippen molar-refractivity contribution in [3.63, 3.8) is 0 Å². The number of carbonyl (C=O) groups is 2. The molecule has 4 heterocycles. The molecule has 10 heteroatoms. The van der Waals surface area contributed by atoms with Gasteiger partial charge < -0.3 is 15.1 Å². The second-order valence-electron chi connectivity index (χ2n) is 8.06. The molecule has 2 N–H and O–H groups in total. The van der Waals surface area contributed by atoms with E-state index in [9.17, 15) is 9.59 Å². The predicted molar refractivity (Wildman–Crippen MR) is 105 cm³/mol. The summed E-state index contributed by atoms with van der Waals surface area (Å²) in [5.41, 5.74) is -0.0860. The van der Waals surface area contributed by atoms with Gasteiger partial charge in [-0.25, -0.2) is 4.98 Å². The number of piperidine rings is 2. The molecule has 0 spiro atoms. The molecule has 2 amide bonds. The fourth-order valence-corrected chi connectivity index (χ4v) is 4.69. The minimum Gasteiger partial charge on any atom is -0.355 e. The molecular weight excluding hydrogens is 372 g/mol. The van der Waals surface area contributed by atoms with E-state index in [-0.39, 0.29) is 17.9 Å². The summed E-state index contributed by atoms with van der Waals surface area (Å²) in [6, 6.07) is 1.53. The second-order valence-corrected chi connectivity index (χ2v) is 8.06. The van der Waals surface area contributed by atoms with Crippen LogP contribution < -0.4 is 5.32 Å². The van der Waals surface area contributed by atoms with Gasteiger partial charge in [-0.2, -0.15) is 10.2 Å². The number of aryl methyl sites for hydroxylation is 1. The third kappa shape index (κ3) is 3.64. The molecule has 2 fully saturated rings. The van der Waals surface area contributed by atoms with Gasteiger partial charge in [-0.15, -0.1) is 0 Å². The summed E-state index contributed by atoms with van der Waals surface area (Å²) in [5, 5.41) is 13.9. The standard InChI is InChI=1S/C19H28N8O2/c1-25-11-7-19(18(29)20-8-5-16-21-13-23-26(16)2)6-3-10-27(15(19)12-25)17(28)14-4-9-22-24-14/h4,9,13,15H,3,5-8,10-12H2,1-2H3,(H,20,29)(H,22,24)/t15-,19+/m0/s1. The molecule has 0 saturated carbocycles. The molecular formula is C19H28N8O2. The lowest BCUT2D eigenvalue weighted by atomic mass is 9.67. The van der Waals surface area contributed by atoms with Gasteiger partial charge >= 0.3 is 0 Å². The van der Waals surface area contributed by atoms with Crippen LogP contribution in [0.4, 0.5) is 0 Å². The number of carbonyl (C=O) groups excluding carboxylic acids is 2. The van der Waals surface area contributed by atoms with Crippen LogP contribution in [0.3, 0.4) is 0 Å². The summed E-state index contributed by atoms with van der Waals surface area (Å²) in [5.74, 6) is 0.793. The molecule has 29 heavy (non-hydrogen) atoms. The molecule has 2 aromatic heterocycles. The fourth-order valence-electron chi connectivity index (χ4n) is 4.69. The summed E-state index contributed by atoms with van der Waals surface area (Å²) in [4.78, 5) is 34.8. The van der Waals surface area contributed by atoms with Crippen LogP contribution in [0.1, 0.15) is 35.6 Å². The van der Waals surface area contributed by atoms with Crippen molar-refractivity contribution in [1.29, 1.82) is 0 Å². The summed E-state index contributed by atoms with van der Waals surface area (Å²) in [7, 11) is 3.89. The predicted octanol–water partition coefficient (Wildman–Crippen LogP) is -0.176. The van der Waals surface area contributed by atoms with E-state index in [4.69, 9.17) is 0 Å². The monoisotopic (exact) mass is 400 g/mol. The van der Waals surface area contributed by atoms with Crippen molar-refractivity contribution in [1.82, 2.24) is 40.1 Å². The minimum atomic E-state index is -0.555. The summed E-state index contributed by atoms with van der Waals surface area (Å²) >= 11 is 0. The number of amides is 2. The first-order valence-electron chi connectivity index (χ1n) is 10.1. The molecule has 2 aliphatic heterocycles.